The van der Waals surface area contributed by atoms with E-state index in [0.717, 1.165) is 69.4 Å². The van der Waals surface area contributed by atoms with Crippen LogP contribution in [0.3, 0.4) is 0 Å². The fraction of sp³-hybridized carbons (Fsp3) is 0.458. The first-order valence-corrected chi connectivity index (χ1v) is 11.3. The van der Waals surface area contributed by atoms with Crippen molar-refractivity contribution in [1.29, 1.82) is 0 Å². The molecule has 2 heterocycles. The Bertz CT molecular complexity index is 858. The number of halogens is 1. The predicted molar refractivity (Wildman–Crippen MR) is 123 cm³/mol. The number of benzene rings is 2. The standard InChI is InChI=1S/C24H31ClN4O/c1-19-6-2-3-7-20(19)18-27-12-10-21(11-13-27)26-24(30)29-16-14-28(15-17-29)23-9-5-4-8-22(23)25/h2-9,21H,10-18H2,1H3,(H,26,30). The van der Waals surface area contributed by atoms with Crippen molar-refractivity contribution >= 4 is 23.3 Å². The van der Waals surface area contributed by atoms with Crippen molar-refractivity contribution in [2.24, 2.45) is 0 Å². The van der Waals surface area contributed by atoms with E-state index in [1.807, 2.05) is 29.2 Å². The van der Waals surface area contributed by atoms with Crippen LogP contribution in [0.5, 0.6) is 0 Å². The maximum Gasteiger partial charge on any atom is 0.317 e. The number of amides is 2. The molecule has 0 aromatic heterocycles. The van der Waals surface area contributed by atoms with Gasteiger partial charge in [0.05, 0.1) is 10.7 Å². The third-order valence-corrected chi connectivity index (χ3v) is 6.65. The Morgan fingerprint density at radius 2 is 1.63 bits per heavy atom. The van der Waals surface area contributed by atoms with Crippen molar-refractivity contribution in [3.05, 3.63) is 64.7 Å². The maximum absolute atomic E-state index is 12.8. The van der Waals surface area contributed by atoms with E-state index in [0.29, 0.717) is 0 Å². The Kier molecular flexibility index (Phi) is 6.80. The van der Waals surface area contributed by atoms with E-state index < -0.39 is 0 Å². The molecular formula is C24H31ClN4O. The molecule has 1 N–H and O–H groups in total. The van der Waals surface area contributed by atoms with E-state index in [4.69, 9.17) is 11.6 Å². The van der Waals surface area contributed by atoms with Crippen LogP contribution in [0.1, 0.15) is 24.0 Å². The number of aryl methyl sites for hydroxylation is 1. The quantitative estimate of drug-likeness (QED) is 0.798. The summed E-state index contributed by atoms with van der Waals surface area (Å²) >= 11 is 6.32. The number of rotatable bonds is 4. The third kappa shape index (κ3) is 5.08. The summed E-state index contributed by atoms with van der Waals surface area (Å²) in [7, 11) is 0. The molecule has 0 bridgehead atoms. The molecule has 5 nitrogen and oxygen atoms in total. The molecule has 2 aliphatic heterocycles. The summed E-state index contributed by atoms with van der Waals surface area (Å²) in [5.74, 6) is 0. The van der Waals surface area contributed by atoms with E-state index in [-0.39, 0.29) is 12.1 Å². The first-order chi connectivity index (χ1) is 14.6. The second kappa shape index (κ2) is 9.71. The second-order valence-corrected chi connectivity index (χ2v) is 8.76. The molecule has 160 valence electrons. The zero-order valence-electron chi connectivity index (χ0n) is 17.7. The highest BCUT2D eigenvalue weighted by Gasteiger charge is 2.26. The van der Waals surface area contributed by atoms with Crippen LogP contribution in [-0.2, 0) is 6.54 Å². The lowest BCUT2D eigenvalue weighted by Gasteiger charge is -2.38. The summed E-state index contributed by atoms with van der Waals surface area (Å²) in [5.41, 5.74) is 3.81. The van der Waals surface area contributed by atoms with Crippen LogP contribution in [-0.4, -0.2) is 61.1 Å². The number of nitrogens with zero attached hydrogens (tertiary/aromatic N) is 3. The molecule has 0 spiro atoms. The summed E-state index contributed by atoms with van der Waals surface area (Å²) in [6, 6.07) is 16.9. The lowest BCUT2D eigenvalue weighted by atomic mass is 10.0. The molecule has 2 aromatic rings. The van der Waals surface area contributed by atoms with Gasteiger partial charge in [-0.15, -0.1) is 0 Å². The molecule has 0 radical (unpaired) electrons. The van der Waals surface area contributed by atoms with Crippen molar-refractivity contribution < 1.29 is 4.79 Å². The fourth-order valence-electron chi connectivity index (χ4n) is 4.39. The van der Waals surface area contributed by atoms with Crippen LogP contribution in [0.15, 0.2) is 48.5 Å². The lowest BCUT2D eigenvalue weighted by molar-refractivity contribution is 0.167. The minimum atomic E-state index is 0.0752. The smallest absolute Gasteiger partial charge is 0.317 e. The molecule has 30 heavy (non-hydrogen) atoms. The number of hydrogen-bond acceptors (Lipinski definition) is 3. The third-order valence-electron chi connectivity index (χ3n) is 6.33. The number of carbonyl (C=O) groups is 1. The van der Waals surface area contributed by atoms with Crippen molar-refractivity contribution in [3.8, 4) is 0 Å². The van der Waals surface area contributed by atoms with Crippen LogP contribution in [0.25, 0.3) is 0 Å². The number of para-hydroxylation sites is 1. The molecule has 0 saturated carbocycles. The minimum Gasteiger partial charge on any atom is -0.367 e. The van der Waals surface area contributed by atoms with E-state index >= 15 is 0 Å². The summed E-state index contributed by atoms with van der Waals surface area (Å²) in [4.78, 5) is 19.4. The van der Waals surface area contributed by atoms with Crippen LogP contribution >= 0.6 is 11.6 Å². The minimum absolute atomic E-state index is 0.0752. The molecule has 0 unspecified atom stereocenters. The SMILES string of the molecule is Cc1ccccc1CN1CCC(NC(=O)N2CCN(c3ccccc3Cl)CC2)CC1. The number of nitrogens with one attached hydrogen (secondary N) is 1. The molecule has 0 atom stereocenters. The van der Waals surface area contributed by atoms with Crippen LogP contribution in [0, 0.1) is 6.92 Å². The van der Waals surface area contributed by atoms with Crippen LogP contribution in [0.2, 0.25) is 5.02 Å². The Morgan fingerprint density at radius 1 is 0.967 bits per heavy atom. The van der Waals surface area contributed by atoms with Crippen molar-refractivity contribution in [2.45, 2.75) is 32.4 Å². The highest BCUT2D eigenvalue weighted by Crippen LogP contribution is 2.26. The average Bonchev–Trinajstić information content (AvgIpc) is 2.77. The van der Waals surface area contributed by atoms with Gasteiger partial charge in [-0.2, -0.15) is 0 Å². The number of hydrogen-bond donors (Lipinski definition) is 1. The number of piperidine rings is 1. The Labute approximate surface area is 184 Å². The predicted octanol–water partition coefficient (Wildman–Crippen LogP) is 4.14. The lowest BCUT2D eigenvalue weighted by Crippen LogP contribution is -2.54. The Hall–Kier alpha value is -2.24. The van der Waals surface area contributed by atoms with Gasteiger partial charge in [-0.1, -0.05) is 48.0 Å². The van der Waals surface area contributed by atoms with E-state index in [1.54, 1.807) is 0 Å². The van der Waals surface area contributed by atoms with Crippen molar-refractivity contribution in [3.63, 3.8) is 0 Å². The number of likely N-dealkylation sites (tertiary alicyclic amines) is 1. The first kappa shape index (κ1) is 21.0. The van der Waals surface area contributed by atoms with Gasteiger partial charge in [0, 0.05) is 51.9 Å². The van der Waals surface area contributed by atoms with E-state index in [9.17, 15) is 4.79 Å². The number of carbonyl (C=O) groups excluding carboxylic acids is 1. The monoisotopic (exact) mass is 426 g/mol. The Balaban J connectivity index is 1.21. The van der Waals surface area contributed by atoms with Crippen molar-refractivity contribution in [2.75, 3.05) is 44.2 Å². The molecule has 0 aliphatic carbocycles. The molecule has 2 aromatic carbocycles. The van der Waals surface area contributed by atoms with Gasteiger partial charge < -0.3 is 15.1 Å². The summed E-state index contributed by atoms with van der Waals surface area (Å²) in [6.07, 6.45) is 2.02. The number of piperazine rings is 1. The summed E-state index contributed by atoms with van der Waals surface area (Å²) < 4.78 is 0. The van der Waals surface area contributed by atoms with Gasteiger partial charge in [-0.25, -0.2) is 4.79 Å². The second-order valence-electron chi connectivity index (χ2n) is 8.35. The zero-order chi connectivity index (χ0) is 20.9. The summed E-state index contributed by atoms with van der Waals surface area (Å²) in [6.45, 7) is 8.30. The van der Waals surface area contributed by atoms with Gasteiger partial charge in [0.1, 0.15) is 0 Å². The molecule has 2 saturated heterocycles. The van der Waals surface area contributed by atoms with Crippen molar-refractivity contribution in [1.82, 2.24) is 15.1 Å². The van der Waals surface area contributed by atoms with Gasteiger partial charge >= 0.3 is 6.03 Å². The molecule has 6 heteroatoms. The van der Waals surface area contributed by atoms with Gasteiger partial charge in [0.15, 0.2) is 0 Å². The number of anilines is 1. The highest BCUT2D eigenvalue weighted by atomic mass is 35.5. The van der Waals surface area contributed by atoms with Crippen LogP contribution < -0.4 is 10.2 Å². The highest BCUT2D eigenvalue weighted by molar-refractivity contribution is 6.33. The van der Waals surface area contributed by atoms with E-state index in [2.05, 4.69) is 46.3 Å². The topological polar surface area (TPSA) is 38.8 Å². The zero-order valence-corrected chi connectivity index (χ0v) is 18.4. The molecule has 2 aliphatic rings. The largest absolute Gasteiger partial charge is 0.367 e. The van der Waals surface area contributed by atoms with Gasteiger partial charge in [-0.3, -0.25) is 4.90 Å². The van der Waals surface area contributed by atoms with Gasteiger partial charge in [0.2, 0.25) is 0 Å². The number of urea groups is 1. The van der Waals surface area contributed by atoms with Gasteiger partial charge in [-0.05, 0) is 43.0 Å². The normalized spacial score (nSPS) is 18.5. The Morgan fingerprint density at radius 3 is 2.33 bits per heavy atom. The first-order valence-electron chi connectivity index (χ1n) is 10.9. The molecule has 2 amide bonds. The van der Waals surface area contributed by atoms with Gasteiger partial charge in [0.25, 0.3) is 0 Å². The van der Waals surface area contributed by atoms with Crippen LogP contribution in [0.4, 0.5) is 10.5 Å². The molecule has 2 fully saturated rings. The maximum atomic E-state index is 12.8. The fourth-order valence-corrected chi connectivity index (χ4v) is 4.64. The molecular weight excluding hydrogens is 396 g/mol. The van der Waals surface area contributed by atoms with E-state index in [1.165, 1.54) is 11.1 Å². The summed E-state index contributed by atoms with van der Waals surface area (Å²) in [5, 5.41) is 4.04. The molecule has 4 rings (SSSR count). The average molecular weight is 427 g/mol.